The van der Waals surface area contributed by atoms with Crippen LogP contribution in [0.15, 0.2) is 18.2 Å². The predicted octanol–water partition coefficient (Wildman–Crippen LogP) is 2.16. The molecule has 1 unspecified atom stereocenters. The molecule has 2 amide bonds. The van der Waals surface area contributed by atoms with Gasteiger partial charge in [-0.3, -0.25) is 9.59 Å². The lowest BCUT2D eigenvalue weighted by atomic mass is 9.81. The number of anilines is 1. The smallest absolute Gasteiger partial charge is 0.248 e. The first-order valence-corrected chi connectivity index (χ1v) is 7.48. The molecule has 0 bridgehead atoms. The van der Waals surface area contributed by atoms with Crippen molar-refractivity contribution in [2.24, 2.45) is 11.1 Å². The minimum absolute atomic E-state index is 0.0575. The number of nitrogens with one attached hydrogen (secondary N) is 2. The molecule has 6 heteroatoms. The second-order valence-corrected chi connectivity index (χ2v) is 5.88. The van der Waals surface area contributed by atoms with Gasteiger partial charge in [0.25, 0.3) is 0 Å². The predicted molar refractivity (Wildman–Crippen MR) is 83.4 cm³/mol. The van der Waals surface area contributed by atoms with Gasteiger partial charge in [0.1, 0.15) is 0 Å². The van der Waals surface area contributed by atoms with E-state index >= 15 is 0 Å². The quantitative estimate of drug-likeness (QED) is 0.779. The van der Waals surface area contributed by atoms with E-state index in [0.29, 0.717) is 22.8 Å². The van der Waals surface area contributed by atoms with Gasteiger partial charge in [0.2, 0.25) is 11.8 Å². The van der Waals surface area contributed by atoms with Gasteiger partial charge in [-0.25, -0.2) is 0 Å². The van der Waals surface area contributed by atoms with Crippen LogP contribution < -0.4 is 16.4 Å². The summed E-state index contributed by atoms with van der Waals surface area (Å²) in [6, 6.07) is 4.63. The summed E-state index contributed by atoms with van der Waals surface area (Å²) in [6.45, 7) is 3.57. The molecule has 1 aliphatic heterocycles. The molecule has 0 radical (unpaired) electrons. The Kier molecular flexibility index (Phi) is 4.85. The highest BCUT2D eigenvalue weighted by Gasteiger charge is 2.40. The zero-order valence-electron chi connectivity index (χ0n) is 12.0. The number of primary amides is 1. The lowest BCUT2D eigenvalue weighted by Gasteiger charge is -2.26. The molecule has 2 rings (SSSR count). The van der Waals surface area contributed by atoms with Crippen LogP contribution in [0.25, 0.3) is 0 Å². The number of carbonyl (C=O) groups excluding carboxylic acids is 2. The standard InChI is InChI=1S/C15H20ClN3O2/c1-2-5-15(6-7-18-9-15)14(21)19-12-8-10(13(17)20)3-4-11(12)16/h3-4,8,18H,2,5-7,9H2,1H3,(H2,17,20)(H,19,21). The first-order valence-electron chi connectivity index (χ1n) is 7.10. The van der Waals surface area contributed by atoms with E-state index in [0.717, 1.165) is 25.8 Å². The molecule has 1 saturated heterocycles. The largest absolute Gasteiger partial charge is 0.366 e. The fraction of sp³-hybridized carbons (Fsp3) is 0.467. The molecule has 4 N–H and O–H groups in total. The molecule has 0 aromatic heterocycles. The number of hydrogen-bond donors (Lipinski definition) is 3. The Morgan fingerprint density at radius 1 is 1.48 bits per heavy atom. The minimum atomic E-state index is -0.548. The van der Waals surface area contributed by atoms with Crippen LogP contribution in [0, 0.1) is 5.41 Å². The number of hydrogen-bond acceptors (Lipinski definition) is 3. The summed E-state index contributed by atoms with van der Waals surface area (Å²) in [7, 11) is 0. The van der Waals surface area contributed by atoms with Crippen LogP contribution >= 0.6 is 11.6 Å². The molecule has 1 atom stereocenters. The summed E-state index contributed by atoms with van der Waals surface area (Å²) in [5.74, 6) is -0.606. The van der Waals surface area contributed by atoms with E-state index < -0.39 is 11.3 Å². The third-order valence-corrected chi connectivity index (χ3v) is 4.28. The van der Waals surface area contributed by atoms with E-state index in [1.54, 1.807) is 12.1 Å². The maximum absolute atomic E-state index is 12.6. The van der Waals surface area contributed by atoms with E-state index in [4.69, 9.17) is 17.3 Å². The highest BCUT2D eigenvalue weighted by atomic mass is 35.5. The Bertz CT molecular complexity index is 554. The topological polar surface area (TPSA) is 84.2 Å². The summed E-state index contributed by atoms with van der Waals surface area (Å²) in [5.41, 5.74) is 5.61. The first kappa shape index (κ1) is 15.8. The summed E-state index contributed by atoms with van der Waals surface area (Å²) in [4.78, 5) is 23.9. The average Bonchev–Trinajstić information content (AvgIpc) is 2.91. The minimum Gasteiger partial charge on any atom is -0.366 e. The summed E-state index contributed by atoms with van der Waals surface area (Å²) >= 11 is 6.09. The van der Waals surface area contributed by atoms with Crippen molar-refractivity contribution in [1.29, 1.82) is 0 Å². The molecule has 0 spiro atoms. The second kappa shape index (κ2) is 6.45. The van der Waals surface area contributed by atoms with Crippen LogP contribution in [-0.4, -0.2) is 24.9 Å². The molecular weight excluding hydrogens is 290 g/mol. The molecule has 114 valence electrons. The number of nitrogens with two attached hydrogens (primary N) is 1. The van der Waals surface area contributed by atoms with E-state index in [1.807, 2.05) is 0 Å². The third kappa shape index (κ3) is 3.36. The van der Waals surface area contributed by atoms with Crippen molar-refractivity contribution < 1.29 is 9.59 Å². The average molecular weight is 310 g/mol. The van der Waals surface area contributed by atoms with Crippen molar-refractivity contribution in [3.05, 3.63) is 28.8 Å². The fourth-order valence-corrected chi connectivity index (χ4v) is 2.94. The third-order valence-electron chi connectivity index (χ3n) is 3.95. The zero-order chi connectivity index (χ0) is 15.5. The van der Waals surface area contributed by atoms with Crippen molar-refractivity contribution in [3.8, 4) is 0 Å². The van der Waals surface area contributed by atoms with Gasteiger partial charge in [-0.15, -0.1) is 0 Å². The van der Waals surface area contributed by atoms with Crippen LogP contribution in [0.5, 0.6) is 0 Å². The number of benzene rings is 1. The van der Waals surface area contributed by atoms with Gasteiger partial charge < -0.3 is 16.4 Å². The van der Waals surface area contributed by atoms with Crippen molar-refractivity contribution in [3.63, 3.8) is 0 Å². The molecule has 1 aromatic rings. The van der Waals surface area contributed by atoms with Crippen molar-refractivity contribution in [2.45, 2.75) is 26.2 Å². The van der Waals surface area contributed by atoms with Crippen LogP contribution in [0.2, 0.25) is 5.02 Å². The van der Waals surface area contributed by atoms with Gasteiger partial charge in [-0.2, -0.15) is 0 Å². The first-order chi connectivity index (χ1) is 9.98. The number of carbonyl (C=O) groups is 2. The summed E-state index contributed by atoms with van der Waals surface area (Å²) < 4.78 is 0. The van der Waals surface area contributed by atoms with E-state index in [2.05, 4.69) is 17.6 Å². The van der Waals surface area contributed by atoms with E-state index in [1.165, 1.54) is 6.07 Å². The zero-order valence-corrected chi connectivity index (χ0v) is 12.8. The number of amides is 2. The Balaban J connectivity index is 2.22. The molecule has 1 aliphatic rings. The van der Waals surface area contributed by atoms with Crippen LogP contribution in [-0.2, 0) is 4.79 Å². The molecule has 5 nitrogen and oxygen atoms in total. The van der Waals surface area contributed by atoms with E-state index in [9.17, 15) is 9.59 Å². The normalized spacial score (nSPS) is 21.2. The highest BCUT2D eigenvalue weighted by Crippen LogP contribution is 2.34. The maximum Gasteiger partial charge on any atom is 0.248 e. The molecule has 1 aromatic carbocycles. The lowest BCUT2D eigenvalue weighted by Crippen LogP contribution is -2.38. The van der Waals surface area contributed by atoms with Gasteiger partial charge in [-0.1, -0.05) is 24.9 Å². The SMILES string of the molecule is CCCC1(C(=O)Nc2cc(C(N)=O)ccc2Cl)CCNC1. The Labute approximate surface area is 129 Å². The maximum atomic E-state index is 12.6. The highest BCUT2D eigenvalue weighted by molar-refractivity contribution is 6.34. The number of rotatable bonds is 5. The Morgan fingerprint density at radius 2 is 2.24 bits per heavy atom. The molecular formula is C15H20ClN3O2. The van der Waals surface area contributed by atoms with Gasteiger partial charge in [0, 0.05) is 12.1 Å². The lowest BCUT2D eigenvalue weighted by molar-refractivity contribution is -0.125. The van der Waals surface area contributed by atoms with Crippen molar-refractivity contribution in [2.75, 3.05) is 18.4 Å². The summed E-state index contributed by atoms with van der Waals surface area (Å²) in [5, 5.41) is 6.49. The molecule has 0 saturated carbocycles. The Hall–Kier alpha value is -1.59. The second-order valence-electron chi connectivity index (χ2n) is 5.47. The van der Waals surface area contributed by atoms with E-state index in [-0.39, 0.29) is 5.91 Å². The Morgan fingerprint density at radius 3 is 2.81 bits per heavy atom. The molecule has 0 aliphatic carbocycles. The number of halogens is 1. The van der Waals surface area contributed by atoms with Gasteiger partial charge >= 0.3 is 0 Å². The summed E-state index contributed by atoms with van der Waals surface area (Å²) in [6.07, 6.45) is 2.56. The van der Waals surface area contributed by atoms with Crippen LogP contribution in [0.3, 0.4) is 0 Å². The molecule has 1 fully saturated rings. The van der Waals surface area contributed by atoms with Gasteiger partial charge in [0.15, 0.2) is 0 Å². The monoisotopic (exact) mass is 309 g/mol. The van der Waals surface area contributed by atoms with Crippen molar-refractivity contribution >= 4 is 29.1 Å². The van der Waals surface area contributed by atoms with Gasteiger partial charge in [0.05, 0.1) is 16.1 Å². The molecule has 21 heavy (non-hydrogen) atoms. The fourth-order valence-electron chi connectivity index (χ4n) is 2.77. The van der Waals surface area contributed by atoms with Crippen LogP contribution in [0.4, 0.5) is 5.69 Å². The van der Waals surface area contributed by atoms with Gasteiger partial charge in [-0.05, 0) is 37.6 Å². The van der Waals surface area contributed by atoms with Crippen LogP contribution in [0.1, 0.15) is 36.5 Å². The molecule has 1 heterocycles. The van der Waals surface area contributed by atoms with Crippen molar-refractivity contribution in [1.82, 2.24) is 5.32 Å².